The molecule has 2 aromatic rings. The van der Waals surface area contributed by atoms with Gasteiger partial charge in [-0.1, -0.05) is 35.3 Å². The van der Waals surface area contributed by atoms with E-state index in [2.05, 4.69) is 10.5 Å². The standard InChI is InChI=1S/C16H16Cl2N2O2/c1-21-15-6-3-11(7-16(15)22-2)9-19-20-10-12-4-5-13(17)8-14(12)18/h3-8,10,19H,9H2,1-2H3/b20-10-. The van der Waals surface area contributed by atoms with Crippen molar-refractivity contribution in [2.75, 3.05) is 14.2 Å². The largest absolute Gasteiger partial charge is 0.493 e. The lowest BCUT2D eigenvalue weighted by Crippen LogP contribution is -2.06. The van der Waals surface area contributed by atoms with E-state index in [4.69, 9.17) is 32.7 Å². The number of halogens is 2. The molecule has 2 rings (SSSR count). The smallest absolute Gasteiger partial charge is 0.161 e. The molecule has 0 heterocycles. The molecule has 0 bridgehead atoms. The van der Waals surface area contributed by atoms with Crippen LogP contribution in [0.5, 0.6) is 11.5 Å². The van der Waals surface area contributed by atoms with Crippen LogP contribution in [0.15, 0.2) is 41.5 Å². The lowest BCUT2D eigenvalue weighted by Gasteiger charge is -2.09. The van der Waals surface area contributed by atoms with E-state index in [0.717, 1.165) is 11.1 Å². The molecule has 1 N–H and O–H groups in total. The van der Waals surface area contributed by atoms with Gasteiger partial charge in [0, 0.05) is 10.6 Å². The van der Waals surface area contributed by atoms with Crippen LogP contribution in [-0.2, 0) is 6.54 Å². The van der Waals surface area contributed by atoms with Crippen LogP contribution in [0.1, 0.15) is 11.1 Å². The number of methoxy groups -OCH3 is 2. The fraction of sp³-hybridized carbons (Fsp3) is 0.188. The van der Waals surface area contributed by atoms with Crippen LogP contribution < -0.4 is 14.9 Å². The Morgan fingerprint density at radius 3 is 2.50 bits per heavy atom. The summed E-state index contributed by atoms with van der Waals surface area (Å²) in [5, 5.41) is 5.31. The Kier molecular flexibility index (Phi) is 5.92. The van der Waals surface area contributed by atoms with E-state index in [-0.39, 0.29) is 0 Å². The van der Waals surface area contributed by atoms with Crippen molar-refractivity contribution in [2.24, 2.45) is 5.10 Å². The van der Waals surface area contributed by atoms with Gasteiger partial charge in [-0.15, -0.1) is 0 Å². The van der Waals surface area contributed by atoms with Gasteiger partial charge in [0.1, 0.15) is 0 Å². The molecule has 0 saturated carbocycles. The number of ether oxygens (including phenoxy) is 2. The number of hydrogen-bond donors (Lipinski definition) is 1. The predicted octanol–water partition coefficient (Wildman–Crippen LogP) is 4.13. The van der Waals surface area contributed by atoms with Crippen molar-refractivity contribution >= 4 is 29.4 Å². The molecule has 0 radical (unpaired) electrons. The second-order valence-electron chi connectivity index (χ2n) is 4.45. The van der Waals surface area contributed by atoms with Gasteiger partial charge < -0.3 is 14.9 Å². The topological polar surface area (TPSA) is 42.8 Å². The number of nitrogens with zero attached hydrogens (tertiary/aromatic N) is 1. The lowest BCUT2D eigenvalue weighted by atomic mass is 10.2. The maximum Gasteiger partial charge on any atom is 0.161 e. The van der Waals surface area contributed by atoms with Crippen molar-refractivity contribution < 1.29 is 9.47 Å². The molecule has 2 aromatic carbocycles. The fourth-order valence-corrected chi connectivity index (χ4v) is 2.31. The highest BCUT2D eigenvalue weighted by atomic mass is 35.5. The van der Waals surface area contributed by atoms with Gasteiger partial charge in [-0.2, -0.15) is 5.10 Å². The molecular weight excluding hydrogens is 323 g/mol. The summed E-state index contributed by atoms with van der Waals surface area (Å²) in [6.45, 7) is 0.558. The Morgan fingerprint density at radius 2 is 1.82 bits per heavy atom. The molecule has 0 amide bonds. The molecule has 0 fully saturated rings. The van der Waals surface area contributed by atoms with Crippen LogP contribution in [0.4, 0.5) is 0 Å². The summed E-state index contributed by atoms with van der Waals surface area (Å²) in [4.78, 5) is 0. The second kappa shape index (κ2) is 7.92. The number of hydrogen-bond acceptors (Lipinski definition) is 4. The van der Waals surface area contributed by atoms with Crippen molar-refractivity contribution in [3.63, 3.8) is 0 Å². The van der Waals surface area contributed by atoms with E-state index in [1.807, 2.05) is 24.3 Å². The van der Waals surface area contributed by atoms with Crippen LogP contribution in [-0.4, -0.2) is 20.4 Å². The zero-order chi connectivity index (χ0) is 15.9. The Hall–Kier alpha value is -1.91. The molecule has 0 aliphatic carbocycles. The normalized spacial score (nSPS) is 10.7. The van der Waals surface area contributed by atoms with Crippen molar-refractivity contribution in [1.29, 1.82) is 0 Å². The number of nitrogens with one attached hydrogen (secondary N) is 1. The zero-order valence-electron chi connectivity index (χ0n) is 12.3. The maximum absolute atomic E-state index is 6.06. The molecule has 22 heavy (non-hydrogen) atoms. The monoisotopic (exact) mass is 338 g/mol. The van der Waals surface area contributed by atoms with Crippen molar-refractivity contribution in [3.8, 4) is 11.5 Å². The first-order valence-electron chi connectivity index (χ1n) is 6.56. The minimum absolute atomic E-state index is 0.558. The average Bonchev–Trinajstić information content (AvgIpc) is 2.53. The summed E-state index contributed by atoms with van der Waals surface area (Å²) in [5.41, 5.74) is 4.78. The van der Waals surface area contributed by atoms with Crippen LogP contribution in [0.3, 0.4) is 0 Å². The van der Waals surface area contributed by atoms with Gasteiger partial charge in [-0.25, -0.2) is 0 Å². The van der Waals surface area contributed by atoms with E-state index in [0.29, 0.717) is 28.1 Å². The summed E-state index contributed by atoms with van der Waals surface area (Å²) >= 11 is 11.9. The fourth-order valence-electron chi connectivity index (χ4n) is 1.85. The Morgan fingerprint density at radius 1 is 1.05 bits per heavy atom. The van der Waals surface area contributed by atoms with Crippen LogP contribution in [0.2, 0.25) is 10.0 Å². The molecule has 0 saturated heterocycles. The summed E-state index contributed by atoms with van der Waals surface area (Å²) in [7, 11) is 3.21. The van der Waals surface area contributed by atoms with Gasteiger partial charge in [0.15, 0.2) is 11.5 Å². The molecule has 0 aromatic heterocycles. The third-order valence-electron chi connectivity index (χ3n) is 2.99. The van der Waals surface area contributed by atoms with E-state index in [9.17, 15) is 0 Å². The minimum Gasteiger partial charge on any atom is -0.493 e. The van der Waals surface area contributed by atoms with Gasteiger partial charge in [0.25, 0.3) is 0 Å². The van der Waals surface area contributed by atoms with Gasteiger partial charge >= 0.3 is 0 Å². The van der Waals surface area contributed by atoms with Gasteiger partial charge in [0.2, 0.25) is 0 Å². The van der Waals surface area contributed by atoms with Gasteiger partial charge in [0.05, 0.1) is 32.0 Å². The second-order valence-corrected chi connectivity index (χ2v) is 5.29. The predicted molar refractivity (Wildman–Crippen MR) is 90.4 cm³/mol. The maximum atomic E-state index is 6.06. The van der Waals surface area contributed by atoms with Crippen molar-refractivity contribution in [1.82, 2.24) is 5.43 Å². The van der Waals surface area contributed by atoms with Crippen LogP contribution in [0, 0.1) is 0 Å². The molecule has 0 spiro atoms. The van der Waals surface area contributed by atoms with Crippen molar-refractivity contribution in [3.05, 3.63) is 57.6 Å². The Balaban J connectivity index is 1.97. The molecular formula is C16H16Cl2N2O2. The molecule has 0 atom stereocenters. The molecule has 0 aliphatic heterocycles. The van der Waals surface area contributed by atoms with Crippen molar-refractivity contribution in [2.45, 2.75) is 6.54 Å². The average molecular weight is 339 g/mol. The summed E-state index contributed by atoms with van der Waals surface area (Å²) < 4.78 is 10.5. The summed E-state index contributed by atoms with van der Waals surface area (Å²) in [6.07, 6.45) is 1.65. The van der Waals surface area contributed by atoms with E-state index < -0.39 is 0 Å². The van der Waals surface area contributed by atoms with Crippen LogP contribution in [0.25, 0.3) is 0 Å². The Bertz CT molecular complexity index is 675. The third kappa shape index (κ3) is 4.29. The number of rotatable bonds is 6. The first kappa shape index (κ1) is 16.5. The summed E-state index contributed by atoms with van der Waals surface area (Å²) in [6, 6.07) is 11.0. The quantitative estimate of drug-likeness (QED) is 0.636. The molecule has 4 nitrogen and oxygen atoms in total. The molecule has 6 heteroatoms. The summed E-state index contributed by atoms with van der Waals surface area (Å²) in [5.74, 6) is 1.38. The van der Waals surface area contributed by atoms with Crippen LogP contribution >= 0.6 is 23.2 Å². The highest BCUT2D eigenvalue weighted by molar-refractivity contribution is 6.36. The van der Waals surface area contributed by atoms with Gasteiger partial charge in [-0.3, -0.25) is 0 Å². The first-order chi connectivity index (χ1) is 10.6. The third-order valence-corrected chi connectivity index (χ3v) is 3.55. The SMILES string of the molecule is COc1ccc(CN/N=C\c2ccc(Cl)cc2Cl)cc1OC. The highest BCUT2D eigenvalue weighted by Gasteiger charge is 2.04. The molecule has 0 unspecified atom stereocenters. The van der Waals surface area contributed by atoms with E-state index >= 15 is 0 Å². The zero-order valence-corrected chi connectivity index (χ0v) is 13.8. The molecule has 0 aliphatic rings. The van der Waals surface area contributed by atoms with Gasteiger partial charge in [-0.05, 0) is 29.8 Å². The first-order valence-corrected chi connectivity index (χ1v) is 7.31. The molecule has 116 valence electrons. The minimum atomic E-state index is 0.558. The lowest BCUT2D eigenvalue weighted by molar-refractivity contribution is 0.354. The van der Waals surface area contributed by atoms with E-state index in [1.54, 1.807) is 32.6 Å². The number of benzene rings is 2. The van der Waals surface area contributed by atoms with E-state index in [1.165, 1.54) is 0 Å². The highest BCUT2D eigenvalue weighted by Crippen LogP contribution is 2.27. The Labute approximate surface area is 139 Å². The number of hydrazone groups is 1.